The second-order valence-electron chi connectivity index (χ2n) is 5.46. The van der Waals surface area contributed by atoms with E-state index in [0.29, 0.717) is 21.2 Å². The zero-order valence-electron chi connectivity index (χ0n) is 12.4. The highest BCUT2D eigenvalue weighted by Crippen LogP contribution is 2.44. The number of hydrogen-bond acceptors (Lipinski definition) is 2. The predicted octanol–water partition coefficient (Wildman–Crippen LogP) is 3.49. The molecule has 0 aromatic heterocycles. The lowest BCUT2D eigenvalue weighted by molar-refractivity contribution is -0.136. The molecule has 2 rings (SSSR count). The molecular weight excluding hydrogens is 340 g/mol. The number of hydrogen-bond donors (Lipinski definition) is 2. The molecule has 0 bridgehead atoms. The van der Waals surface area contributed by atoms with Crippen molar-refractivity contribution in [1.82, 2.24) is 0 Å². The van der Waals surface area contributed by atoms with Crippen LogP contribution in [0, 0.1) is 0 Å². The molecule has 0 heterocycles. The van der Waals surface area contributed by atoms with E-state index in [1.165, 1.54) is 6.92 Å². The van der Waals surface area contributed by atoms with Crippen LogP contribution in [0.2, 0.25) is 10.0 Å². The summed E-state index contributed by atoms with van der Waals surface area (Å²) in [7, 11) is 0. The molecule has 122 valence electrons. The van der Waals surface area contributed by atoms with Crippen LogP contribution in [0.15, 0.2) is 48.5 Å². The van der Waals surface area contributed by atoms with E-state index in [0.717, 1.165) is 0 Å². The molecule has 0 aliphatic heterocycles. The molecule has 0 saturated carbocycles. The monoisotopic (exact) mass is 355 g/mol. The molecule has 3 N–H and O–H groups in total. The van der Waals surface area contributed by atoms with Gasteiger partial charge in [0.25, 0.3) is 5.91 Å². The summed E-state index contributed by atoms with van der Waals surface area (Å²) in [6, 6.07) is 12.8. The zero-order valence-corrected chi connectivity index (χ0v) is 13.9. The van der Waals surface area contributed by atoms with Gasteiger partial charge in [0.15, 0.2) is 0 Å². The Bertz CT molecular complexity index is 658. The van der Waals surface area contributed by atoms with Gasteiger partial charge in [-0.05, 0) is 42.3 Å². The molecule has 0 aliphatic carbocycles. The molecular formula is C17H16Cl2FNO2. The highest BCUT2D eigenvalue weighted by Gasteiger charge is 2.55. The van der Waals surface area contributed by atoms with Crippen LogP contribution in [0.3, 0.4) is 0 Å². The molecule has 1 unspecified atom stereocenters. The van der Waals surface area contributed by atoms with E-state index in [1.807, 2.05) is 0 Å². The Labute approximate surface area is 143 Å². The first-order valence-electron chi connectivity index (χ1n) is 6.87. The van der Waals surface area contributed by atoms with E-state index in [9.17, 15) is 9.90 Å². The van der Waals surface area contributed by atoms with E-state index in [1.54, 1.807) is 48.5 Å². The molecule has 0 aliphatic rings. The minimum Gasteiger partial charge on any atom is -0.392 e. The molecule has 6 heteroatoms. The topological polar surface area (TPSA) is 63.3 Å². The molecule has 1 atom stereocenters. The molecule has 2 aromatic carbocycles. The van der Waals surface area contributed by atoms with E-state index < -0.39 is 23.6 Å². The Morgan fingerprint density at radius 2 is 1.39 bits per heavy atom. The number of aliphatic hydroxyl groups excluding tert-OH is 1. The summed E-state index contributed by atoms with van der Waals surface area (Å²) < 4.78 is 15.5. The molecule has 1 amide bonds. The van der Waals surface area contributed by atoms with Gasteiger partial charge in [0.2, 0.25) is 5.67 Å². The van der Waals surface area contributed by atoms with Crippen molar-refractivity contribution < 1.29 is 14.3 Å². The van der Waals surface area contributed by atoms with Crippen molar-refractivity contribution in [2.24, 2.45) is 5.73 Å². The van der Waals surface area contributed by atoms with Crippen molar-refractivity contribution in [3.8, 4) is 0 Å². The fourth-order valence-corrected chi connectivity index (χ4v) is 2.93. The normalized spacial score (nSPS) is 14.3. The minimum absolute atomic E-state index is 0.458. The van der Waals surface area contributed by atoms with Gasteiger partial charge in [-0.3, -0.25) is 4.79 Å². The van der Waals surface area contributed by atoms with Crippen molar-refractivity contribution in [2.45, 2.75) is 18.0 Å². The maximum atomic E-state index is 15.5. The van der Waals surface area contributed by atoms with Gasteiger partial charge in [-0.15, -0.1) is 0 Å². The molecule has 0 saturated heterocycles. The van der Waals surface area contributed by atoms with Crippen molar-refractivity contribution in [1.29, 1.82) is 0 Å². The van der Waals surface area contributed by atoms with Crippen LogP contribution in [-0.2, 0) is 10.2 Å². The predicted molar refractivity (Wildman–Crippen MR) is 89.5 cm³/mol. The summed E-state index contributed by atoms with van der Waals surface area (Å²) >= 11 is 11.8. The average Bonchev–Trinajstić information content (AvgIpc) is 2.54. The number of halogens is 3. The first-order chi connectivity index (χ1) is 10.8. The maximum Gasteiger partial charge on any atom is 0.258 e. The summed E-state index contributed by atoms with van der Waals surface area (Å²) in [4.78, 5) is 11.8. The number of alkyl halides is 1. The first kappa shape index (κ1) is 17.7. The van der Waals surface area contributed by atoms with Crippen molar-refractivity contribution >= 4 is 29.1 Å². The van der Waals surface area contributed by atoms with Gasteiger partial charge >= 0.3 is 0 Å². The second kappa shape index (κ2) is 6.48. The molecule has 0 spiro atoms. The van der Waals surface area contributed by atoms with Gasteiger partial charge in [-0.2, -0.15) is 0 Å². The van der Waals surface area contributed by atoms with Gasteiger partial charge in [-0.1, -0.05) is 47.5 Å². The number of aliphatic hydroxyl groups is 1. The van der Waals surface area contributed by atoms with Crippen LogP contribution >= 0.6 is 23.2 Å². The molecule has 0 fully saturated rings. The molecule has 0 radical (unpaired) electrons. The Morgan fingerprint density at radius 1 is 1.04 bits per heavy atom. The fourth-order valence-electron chi connectivity index (χ4n) is 2.67. The van der Waals surface area contributed by atoms with Crippen LogP contribution in [0.5, 0.6) is 0 Å². The lowest BCUT2D eigenvalue weighted by Crippen LogP contribution is -2.58. The van der Waals surface area contributed by atoms with Gasteiger partial charge in [0.05, 0.1) is 12.0 Å². The van der Waals surface area contributed by atoms with Crippen LogP contribution < -0.4 is 5.73 Å². The van der Waals surface area contributed by atoms with Crippen LogP contribution in [0.25, 0.3) is 0 Å². The van der Waals surface area contributed by atoms with Gasteiger partial charge in [0, 0.05) is 10.0 Å². The number of benzene rings is 2. The van der Waals surface area contributed by atoms with Crippen molar-refractivity contribution in [2.75, 3.05) is 6.61 Å². The summed E-state index contributed by atoms with van der Waals surface area (Å²) in [5.41, 5.74) is 1.98. The van der Waals surface area contributed by atoms with E-state index in [-0.39, 0.29) is 0 Å². The average molecular weight is 356 g/mol. The zero-order chi connectivity index (χ0) is 17.3. The standard InChI is InChI=1S/C17H16Cl2FNO2/c1-16(17(20,10-22)15(21)23,11-2-6-13(18)7-3-11)12-4-8-14(19)9-5-12/h2-9,22H,10H2,1H3,(H2,21,23). The molecule has 2 aromatic rings. The number of carbonyl (C=O) groups is 1. The Morgan fingerprint density at radius 3 is 1.65 bits per heavy atom. The first-order valence-corrected chi connectivity index (χ1v) is 7.63. The Hall–Kier alpha value is -1.62. The van der Waals surface area contributed by atoms with Crippen LogP contribution in [0.1, 0.15) is 18.1 Å². The second-order valence-corrected chi connectivity index (χ2v) is 6.34. The number of primary amides is 1. The quantitative estimate of drug-likeness (QED) is 0.862. The van der Waals surface area contributed by atoms with Crippen LogP contribution in [0.4, 0.5) is 4.39 Å². The number of nitrogens with two attached hydrogens (primary N) is 1. The summed E-state index contributed by atoms with van der Waals surface area (Å²) in [6.45, 7) is 0.463. The van der Waals surface area contributed by atoms with Crippen molar-refractivity contribution in [3.05, 3.63) is 69.7 Å². The molecule has 3 nitrogen and oxygen atoms in total. The number of amides is 1. The van der Waals surface area contributed by atoms with Gasteiger partial charge in [-0.25, -0.2) is 4.39 Å². The summed E-state index contributed by atoms with van der Waals surface area (Å²) in [5, 5.41) is 10.5. The largest absolute Gasteiger partial charge is 0.392 e. The number of carbonyl (C=O) groups excluding carboxylic acids is 1. The van der Waals surface area contributed by atoms with Gasteiger partial charge in [0.1, 0.15) is 0 Å². The van der Waals surface area contributed by atoms with Crippen molar-refractivity contribution in [3.63, 3.8) is 0 Å². The Kier molecular flexibility index (Phi) is 4.99. The Balaban J connectivity index is 2.75. The highest BCUT2D eigenvalue weighted by atomic mass is 35.5. The minimum atomic E-state index is -2.70. The SMILES string of the molecule is CC(c1ccc(Cl)cc1)(c1ccc(Cl)cc1)C(F)(CO)C(N)=O. The smallest absolute Gasteiger partial charge is 0.258 e. The van der Waals surface area contributed by atoms with E-state index in [4.69, 9.17) is 28.9 Å². The van der Waals surface area contributed by atoms with Gasteiger partial charge < -0.3 is 10.8 Å². The molecule has 23 heavy (non-hydrogen) atoms. The lowest BCUT2D eigenvalue weighted by Gasteiger charge is -2.41. The fraction of sp³-hybridized carbons (Fsp3) is 0.235. The third-order valence-electron chi connectivity index (χ3n) is 4.24. The number of rotatable bonds is 5. The highest BCUT2D eigenvalue weighted by molar-refractivity contribution is 6.30. The third-order valence-corrected chi connectivity index (χ3v) is 4.75. The summed E-state index contributed by atoms with van der Waals surface area (Å²) in [6.07, 6.45) is 0. The van der Waals surface area contributed by atoms with E-state index in [2.05, 4.69) is 0 Å². The van der Waals surface area contributed by atoms with Crippen LogP contribution in [-0.4, -0.2) is 23.3 Å². The van der Waals surface area contributed by atoms with E-state index >= 15 is 4.39 Å². The lowest BCUT2D eigenvalue weighted by atomic mass is 9.65. The summed E-state index contributed by atoms with van der Waals surface area (Å²) in [5.74, 6) is -1.24. The maximum absolute atomic E-state index is 15.5. The third kappa shape index (κ3) is 2.94.